The maximum Gasteiger partial charge on any atom is 0.175 e. The fourth-order valence-corrected chi connectivity index (χ4v) is 14.9. The molecular weight excluding hydrogens is 880 g/mol. The lowest BCUT2D eigenvalue weighted by molar-refractivity contribution is 0.0979. The van der Waals surface area contributed by atoms with Crippen LogP contribution in [0.5, 0.6) is 0 Å². The number of furan rings is 2. The van der Waals surface area contributed by atoms with Gasteiger partial charge in [0.1, 0.15) is 27.9 Å². The molecule has 0 aliphatic carbocycles. The molecule has 0 saturated heterocycles. The van der Waals surface area contributed by atoms with Crippen LogP contribution in [0.2, 0.25) is 0 Å². The molecule has 352 valence electrons. The van der Waals surface area contributed by atoms with Crippen molar-refractivity contribution in [3.63, 3.8) is 0 Å². The lowest BCUT2D eigenvalue weighted by Crippen LogP contribution is -2.07. The van der Waals surface area contributed by atoms with Crippen LogP contribution in [-0.2, 0) is 18.3 Å². The van der Waals surface area contributed by atoms with Crippen molar-refractivity contribution >= 4 is 81.4 Å². The fourth-order valence-electron chi connectivity index (χ4n) is 9.54. The first-order chi connectivity index (χ1) is 31.3. The second-order valence-electron chi connectivity index (χ2n) is 20.2. The third-order valence-electron chi connectivity index (χ3n) is 13.6. The van der Waals surface area contributed by atoms with E-state index in [9.17, 15) is 4.79 Å². The Balaban J connectivity index is 1.41. The van der Waals surface area contributed by atoms with Crippen LogP contribution in [0.25, 0.3) is 62.7 Å². The summed E-state index contributed by atoms with van der Waals surface area (Å²) in [5.74, 6) is 4.83. The Bertz CT molecular complexity index is 2540. The van der Waals surface area contributed by atoms with Crippen molar-refractivity contribution in [1.82, 2.24) is 0 Å². The molecule has 65 heavy (non-hydrogen) atoms. The lowest BCUT2D eigenvalue weighted by atomic mass is 9.93. The van der Waals surface area contributed by atoms with Gasteiger partial charge in [0, 0.05) is 70.6 Å². The first-order valence-electron chi connectivity index (χ1n) is 25.3. The normalized spacial score (nSPS) is 13.4. The van der Waals surface area contributed by atoms with Gasteiger partial charge in [-0.05, 0) is 66.0 Å². The molecule has 1 aromatic carbocycles. The van der Waals surface area contributed by atoms with E-state index in [-0.39, 0.29) is 22.9 Å². The van der Waals surface area contributed by atoms with Crippen LogP contribution in [-0.4, -0.2) is 5.78 Å². The summed E-state index contributed by atoms with van der Waals surface area (Å²) in [4.78, 5) is 18.6. The van der Waals surface area contributed by atoms with Crippen LogP contribution in [0.4, 0.5) is 4.39 Å². The van der Waals surface area contributed by atoms with E-state index in [1.165, 1.54) is 90.5 Å². The van der Waals surface area contributed by atoms with Crippen LogP contribution in [0.1, 0.15) is 209 Å². The van der Waals surface area contributed by atoms with Gasteiger partial charge in [-0.25, -0.2) is 4.39 Å². The monoisotopic (exact) mass is 954 g/mol. The number of benzene rings is 1. The van der Waals surface area contributed by atoms with E-state index < -0.39 is 0 Å². The predicted molar refractivity (Wildman–Crippen MR) is 285 cm³/mol. The quantitative estimate of drug-likeness (QED) is 0.0423. The van der Waals surface area contributed by atoms with E-state index in [1.807, 2.05) is 11.3 Å². The number of thiophene rings is 4. The molecule has 0 fully saturated rings. The highest BCUT2D eigenvalue weighted by Gasteiger charge is 2.31. The van der Waals surface area contributed by atoms with Crippen LogP contribution in [0.15, 0.2) is 45.2 Å². The highest BCUT2D eigenvalue weighted by molar-refractivity contribution is 7.31. The predicted octanol–water partition coefficient (Wildman–Crippen LogP) is 21.0. The number of fused-ring (bicyclic) bond motifs is 3. The second-order valence-corrected chi connectivity index (χ2v) is 24.4. The number of Topliss-reactive ketones (excluding diaryl/α,β-unsaturated/α-hetero) is 1. The van der Waals surface area contributed by atoms with Crippen LogP contribution in [0.3, 0.4) is 0 Å². The third kappa shape index (κ3) is 11.1. The molecule has 0 N–H and O–H groups in total. The van der Waals surface area contributed by atoms with Crippen LogP contribution < -0.4 is 0 Å². The van der Waals surface area contributed by atoms with Gasteiger partial charge in [0.05, 0.1) is 9.58 Å². The Morgan fingerprint density at radius 1 is 0.646 bits per heavy atom. The number of carbonyl (C=O) groups excluding carboxylic acids is 1. The number of hydrogen-bond donors (Lipinski definition) is 0. The van der Waals surface area contributed by atoms with Crippen molar-refractivity contribution in [1.29, 1.82) is 0 Å². The third-order valence-corrected chi connectivity index (χ3v) is 19.4. The van der Waals surface area contributed by atoms with Crippen molar-refractivity contribution < 1.29 is 18.0 Å². The molecule has 0 spiro atoms. The molecule has 8 heteroatoms. The molecule has 0 aliphatic heterocycles. The SMILES string of the molecule is CCCCCCCCCC(=O)c1sc2c(-c3cc4c(-c5ccc(CC(CC)CCCC)o5)c5sc(C(C)(C)C)cc5c(-c5ccc(CC(CC)CCCC)o5)c4s3)sc(C(C)C)c2c1F. The Hall–Kier alpha value is -3.04. The van der Waals surface area contributed by atoms with E-state index in [2.05, 4.69) is 106 Å². The molecule has 0 bridgehead atoms. The lowest BCUT2D eigenvalue weighted by Gasteiger charge is -2.15. The van der Waals surface area contributed by atoms with Gasteiger partial charge in [0.15, 0.2) is 11.6 Å². The van der Waals surface area contributed by atoms with Gasteiger partial charge in [0.2, 0.25) is 0 Å². The van der Waals surface area contributed by atoms with Crippen molar-refractivity contribution in [2.24, 2.45) is 11.8 Å². The van der Waals surface area contributed by atoms with E-state index in [4.69, 9.17) is 8.83 Å². The minimum atomic E-state index is -0.318. The highest BCUT2D eigenvalue weighted by Crippen LogP contribution is 2.56. The molecule has 7 rings (SSSR count). The zero-order valence-corrected chi connectivity index (χ0v) is 44.4. The van der Waals surface area contributed by atoms with Crippen molar-refractivity contribution in [3.8, 4) is 32.4 Å². The number of rotatable bonds is 25. The van der Waals surface area contributed by atoms with E-state index >= 15 is 4.39 Å². The van der Waals surface area contributed by atoms with Gasteiger partial charge in [-0.3, -0.25) is 4.79 Å². The highest BCUT2D eigenvalue weighted by atomic mass is 32.1. The van der Waals surface area contributed by atoms with Crippen LogP contribution in [0, 0.1) is 17.7 Å². The van der Waals surface area contributed by atoms with Crippen molar-refractivity contribution in [3.05, 3.63) is 68.4 Å². The molecule has 0 radical (unpaired) electrons. The van der Waals surface area contributed by atoms with Gasteiger partial charge in [-0.15, -0.1) is 45.3 Å². The Kier molecular flexibility index (Phi) is 17.2. The zero-order chi connectivity index (χ0) is 46.4. The molecule has 0 saturated carbocycles. The van der Waals surface area contributed by atoms with E-state index in [0.717, 1.165) is 109 Å². The summed E-state index contributed by atoms with van der Waals surface area (Å²) in [6.07, 6.45) is 19.8. The minimum Gasteiger partial charge on any atom is -0.461 e. The Labute approximate surface area is 405 Å². The van der Waals surface area contributed by atoms with Crippen molar-refractivity contribution in [2.75, 3.05) is 0 Å². The molecule has 0 amide bonds. The minimum absolute atomic E-state index is 0.0520. The van der Waals surface area contributed by atoms with Crippen molar-refractivity contribution in [2.45, 2.75) is 196 Å². The molecule has 6 heterocycles. The first kappa shape index (κ1) is 49.9. The number of unbranched alkanes of at least 4 members (excludes halogenated alkanes) is 8. The molecule has 2 unspecified atom stereocenters. The topological polar surface area (TPSA) is 43.4 Å². The smallest absolute Gasteiger partial charge is 0.175 e. The second kappa shape index (κ2) is 22.4. The summed E-state index contributed by atoms with van der Waals surface area (Å²) in [6.45, 7) is 22.6. The molecule has 6 aromatic heterocycles. The van der Waals surface area contributed by atoms with Gasteiger partial charge in [0.25, 0.3) is 0 Å². The van der Waals surface area contributed by atoms with E-state index in [1.54, 1.807) is 22.7 Å². The maximum absolute atomic E-state index is 16.8. The molecule has 7 aromatic rings. The van der Waals surface area contributed by atoms with Crippen LogP contribution >= 0.6 is 45.3 Å². The molecule has 3 nitrogen and oxygen atoms in total. The molecule has 0 aliphatic rings. The molecule has 2 atom stereocenters. The van der Waals surface area contributed by atoms with Gasteiger partial charge in [-0.2, -0.15) is 0 Å². The standard InChI is InChI=1S/C57H75FO3S4/c1-11-16-19-20-21-22-23-26-42(59)54-50(58)49-51(35(6)7)64-55(56(49)65-54)45-33-40-47(43-29-27-38(60-43)31-36(14-4)24-17-12-2)53-41(34-46(63-53)57(8,9)10)48(52(40)62-45)44-30-28-39(61-44)32-37(15-5)25-18-13-3/h27-30,33-37H,11-26,31-32H2,1-10H3. The first-order valence-corrected chi connectivity index (χ1v) is 28.6. The summed E-state index contributed by atoms with van der Waals surface area (Å²) in [7, 11) is 0. The van der Waals surface area contributed by atoms with Gasteiger partial charge < -0.3 is 8.83 Å². The number of carbonyl (C=O) groups is 1. The summed E-state index contributed by atoms with van der Waals surface area (Å²) in [5, 5.41) is 2.98. The Morgan fingerprint density at radius 2 is 1.18 bits per heavy atom. The Morgan fingerprint density at radius 3 is 1.72 bits per heavy atom. The number of hydrogen-bond acceptors (Lipinski definition) is 7. The van der Waals surface area contributed by atoms with E-state index in [0.29, 0.717) is 28.5 Å². The number of halogens is 1. The average molecular weight is 955 g/mol. The zero-order valence-electron chi connectivity index (χ0n) is 41.2. The fraction of sp³-hybridized carbons (Fsp3) is 0.561. The molecular formula is C57H75FO3S4. The largest absolute Gasteiger partial charge is 0.461 e. The average Bonchev–Trinajstić information content (AvgIpc) is 4.15. The summed E-state index contributed by atoms with van der Waals surface area (Å²) >= 11 is 6.74. The maximum atomic E-state index is 16.8. The summed E-state index contributed by atoms with van der Waals surface area (Å²) < 4.78 is 34.0. The summed E-state index contributed by atoms with van der Waals surface area (Å²) in [5.41, 5.74) is 2.21. The van der Waals surface area contributed by atoms with Gasteiger partial charge >= 0.3 is 0 Å². The number of ketones is 1. The van der Waals surface area contributed by atoms with Gasteiger partial charge in [-0.1, -0.05) is 159 Å². The summed E-state index contributed by atoms with van der Waals surface area (Å²) in [6, 6.07) is 13.6.